The Labute approximate surface area is 193 Å². The Morgan fingerprint density at radius 1 is 1.24 bits per heavy atom. The van der Waals surface area contributed by atoms with Crippen molar-refractivity contribution in [2.75, 3.05) is 20.2 Å². The molecule has 1 aliphatic heterocycles. The van der Waals surface area contributed by atoms with Gasteiger partial charge in [-0.05, 0) is 56.4 Å². The van der Waals surface area contributed by atoms with E-state index >= 15 is 0 Å². The molecule has 9 nitrogen and oxygen atoms in total. The van der Waals surface area contributed by atoms with Gasteiger partial charge in [0.25, 0.3) is 5.91 Å². The first-order chi connectivity index (χ1) is 15.9. The molecular weight excluding hydrogens is 420 g/mol. The highest BCUT2D eigenvalue weighted by Gasteiger charge is 2.25. The minimum Gasteiger partial charge on any atom is -0.479 e. The summed E-state index contributed by atoms with van der Waals surface area (Å²) in [7, 11) is 3.45. The Kier molecular flexibility index (Phi) is 6.57. The van der Waals surface area contributed by atoms with Gasteiger partial charge in [0.15, 0.2) is 5.65 Å². The lowest BCUT2D eigenvalue weighted by Crippen LogP contribution is -2.46. The number of likely N-dealkylation sites (tertiary alicyclic amines) is 1. The fourth-order valence-corrected chi connectivity index (χ4v) is 4.54. The van der Waals surface area contributed by atoms with Gasteiger partial charge in [-0.15, -0.1) is 5.10 Å². The van der Waals surface area contributed by atoms with E-state index in [1.807, 2.05) is 25.8 Å². The lowest BCUT2D eigenvalue weighted by molar-refractivity contribution is -0.132. The molecule has 0 aliphatic carbocycles. The van der Waals surface area contributed by atoms with Crippen LogP contribution in [0, 0.1) is 13.8 Å². The van der Waals surface area contributed by atoms with Crippen molar-refractivity contribution in [2.45, 2.75) is 45.6 Å². The first-order valence-electron chi connectivity index (χ1n) is 11.2. The van der Waals surface area contributed by atoms with Crippen LogP contribution in [0.1, 0.15) is 46.4 Å². The van der Waals surface area contributed by atoms with Crippen molar-refractivity contribution >= 4 is 22.8 Å². The third-order valence-electron chi connectivity index (χ3n) is 6.41. The molecule has 0 atom stereocenters. The Balaban J connectivity index is 1.34. The molecule has 3 aromatic heterocycles. The van der Waals surface area contributed by atoms with E-state index in [0.717, 1.165) is 40.7 Å². The summed E-state index contributed by atoms with van der Waals surface area (Å²) in [6.45, 7) is 5.30. The maximum Gasteiger partial charge on any atom is 0.253 e. The molecule has 1 fully saturated rings. The predicted octanol–water partition coefficient (Wildman–Crippen LogP) is 2.34. The molecule has 9 heteroatoms. The highest BCUT2D eigenvalue weighted by atomic mass is 16.5. The summed E-state index contributed by atoms with van der Waals surface area (Å²) in [5.74, 6) is 0.567. The number of nitrogens with one attached hydrogen (secondary N) is 1. The molecule has 4 heterocycles. The topological polar surface area (TPSA) is 102 Å². The molecule has 2 amide bonds. The van der Waals surface area contributed by atoms with Gasteiger partial charge in [0.1, 0.15) is 0 Å². The summed E-state index contributed by atoms with van der Waals surface area (Å²) in [6.07, 6.45) is 5.74. The van der Waals surface area contributed by atoms with Crippen molar-refractivity contribution in [2.24, 2.45) is 7.05 Å². The van der Waals surface area contributed by atoms with Crippen LogP contribution in [-0.4, -0.2) is 62.7 Å². The van der Waals surface area contributed by atoms with Gasteiger partial charge in [-0.1, -0.05) is 0 Å². The number of aromatic nitrogens is 4. The van der Waals surface area contributed by atoms with Crippen molar-refractivity contribution in [1.82, 2.24) is 30.0 Å². The number of hydrogen-bond donors (Lipinski definition) is 1. The number of piperidine rings is 1. The zero-order valence-electron chi connectivity index (χ0n) is 19.6. The molecule has 0 unspecified atom stereocenters. The van der Waals surface area contributed by atoms with Gasteiger partial charge in [0.05, 0.1) is 18.1 Å². The molecule has 174 valence electrons. The van der Waals surface area contributed by atoms with Crippen molar-refractivity contribution in [3.05, 3.63) is 46.9 Å². The molecule has 33 heavy (non-hydrogen) atoms. The Morgan fingerprint density at radius 3 is 2.67 bits per heavy atom. The number of methoxy groups -OCH3 is 1. The predicted molar refractivity (Wildman–Crippen MR) is 124 cm³/mol. The fourth-order valence-electron chi connectivity index (χ4n) is 4.54. The van der Waals surface area contributed by atoms with Gasteiger partial charge in [0.2, 0.25) is 11.8 Å². The highest BCUT2D eigenvalue weighted by molar-refractivity contribution is 5.94. The summed E-state index contributed by atoms with van der Waals surface area (Å²) in [5, 5.41) is 8.34. The second-order valence-corrected chi connectivity index (χ2v) is 8.50. The van der Waals surface area contributed by atoms with Gasteiger partial charge in [-0.25, -0.2) is 9.67 Å². The first kappa shape index (κ1) is 22.7. The number of ether oxygens (including phenoxy) is 1. The number of amides is 2. The van der Waals surface area contributed by atoms with Crippen molar-refractivity contribution < 1.29 is 14.3 Å². The van der Waals surface area contributed by atoms with E-state index in [4.69, 9.17) is 9.72 Å². The van der Waals surface area contributed by atoms with Crippen LogP contribution in [0.5, 0.6) is 5.88 Å². The summed E-state index contributed by atoms with van der Waals surface area (Å²) in [4.78, 5) is 35.8. The van der Waals surface area contributed by atoms with E-state index in [1.54, 1.807) is 36.3 Å². The van der Waals surface area contributed by atoms with E-state index in [2.05, 4.69) is 15.4 Å². The number of nitrogens with zero attached hydrogens (tertiary/aromatic N) is 5. The van der Waals surface area contributed by atoms with E-state index < -0.39 is 0 Å². The van der Waals surface area contributed by atoms with Crippen molar-refractivity contribution in [3.8, 4) is 5.88 Å². The van der Waals surface area contributed by atoms with Crippen LogP contribution in [0.4, 0.5) is 0 Å². The number of pyridine rings is 2. The van der Waals surface area contributed by atoms with Crippen LogP contribution in [0.15, 0.2) is 24.5 Å². The summed E-state index contributed by atoms with van der Waals surface area (Å²) >= 11 is 0. The Morgan fingerprint density at radius 2 is 2.00 bits per heavy atom. The molecule has 0 bridgehead atoms. The molecule has 4 rings (SSSR count). The zero-order chi connectivity index (χ0) is 23.5. The monoisotopic (exact) mass is 450 g/mol. The van der Waals surface area contributed by atoms with Crippen LogP contribution in [-0.2, 0) is 18.3 Å². The van der Waals surface area contributed by atoms with E-state index in [9.17, 15) is 9.59 Å². The minimum atomic E-state index is -0.118. The number of hydrogen-bond acceptors (Lipinski definition) is 6. The normalized spacial score (nSPS) is 14.5. The van der Waals surface area contributed by atoms with Crippen LogP contribution in [0.2, 0.25) is 0 Å². The maximum absolute atomic E-state index is 12.9. The molecule has 1 aliphatic rings. The lowest BCUT2D eigenvalue weighted by Gasteiger charge is -2.32. The Bertz CT molecular complexity index is 1170. The molecule has 1 saturated heterocycles. The average molecular weight is 451 g/mol. The molecule has 0 radical (unpaired) electrons. The number of carbonyl (C=O) groups is 2. The SMILES string of the molecule is COc1nn(C)c2nc(C)c(CCC(=O)N3CCC(NC(=O)c4cccnc4)CC3)c(C)c12. The number of carbonyl (C=O) groups excluding carboxylic acids is 2. The standard InChI is InChI=1S/C24H30N6O3/c1-15-19(16(2)26-22-21(15)24(33-4)28-29(22)3)7-8-20(31)30-12-9-18(10-13-30)27-23(32)17-6-5-11-25-14-17/h5-6,11,14,18H,7-10,12-13H2,1-4H3,(H,27,32). The molecule has 1 N–H and O–H groups in total. The van der Waals surface area contributed by atoms with Gasteiger partial charge in [0, 0.05) is 50.7 Å². The van der Waals surface area contributed by atoms with Crippen LogP contribution < -0.4 is 10.1 Å². The molecule has 0 aromatic carbocycles. The van der Waals surface area contributed by atoms with Crippen LogP contribution >= 0.6 is 0 Å². The van der Waals surface area contributed by atoms with E-state index in [1.165, 1.54) is 0 Å². The molecular formula is C24H30N6O3. The summed E-state index contributed by atoms with van der Waals surface area (Å²) in [6, 6.07) is 3.56. The number of rotatable bonds is 6. The second kappa shape index (κ2) is 9.56. The number of fused-ring (bicyclic) bond motifs is 1. The van der Waals surface area contributed by atoms with Gasteiger partial charge in [-0.2, -0.15) is 0 Å². The first-order valence-corrected chi connectivity index (χ1v) is 11.2. The van der Waals surface area contributed by atoms with E-state index in [-0.39, 0.29) is 17.9 Å². The fraction of sp³-hybridized carbons (Fsp3) is 0.458. The number of aryl methyl sites for hydroxylation is 3. The average Bonchev–Trinajstić information content (AvgIpc) is 3.15. The van der Waals surface area contributed by atoms with Gasteiger partial charge in [-0.3, -0.25) is 14.6 Å². The van der Waals surface area contributed by atoms with E-state index in [0.29, 0.717) is 37.4 Å². The molecule has 0 saturated carbocycles. The zero-order valence-corrected chi connectivity index (χ0v) is 19.6. The van der Waals surface area contributed by atoms with Gasteiger partial charge < -0.3 is 15.0 Å². The Hall–Kier alpha value is -3.49. The third kappa shape index (κ3) is 4.67. The van der Waals surface area contributed by atoms with Crippen LogP contribution in [0.25, 0.3) is 11.0 Å². The molecule has 3 aromatic rings. The summed E-state index contributed by atoms with van der Waals surface area (Å²) < 4.78 is 7.15. The quantitative estimate of drug-likeness (QED) is 0.619. The van der Waals surface area contributed by atoms with Crippen molar-refractivity contribution in [3.63, 3.8) is 0 Å². The lowest BCUT2D eigenvalue weighted by atomic mass is 9.99. The maximum atomic E-state index is 12.9. The highest BCUT2D eigenvalue weighted by Crippen LogP contribution is 2.30. The van der Waals surface area contributed by atoms with Crippen LogP contribution in [0.3, 0.4) is 0 Å². The van der Waals surface area contributed by atoms with Gasteiger partial charge >= 0.3 is 0 Å². The smallest absolute Gasteiger partial charge is 0.253 e. The third-order valence-corrected chi connectivity index (χ3v) is 6.41. The van der Waals surface area contributed by atoms with Crippen molar-refractivity contribution in [1.29, 1.82) is 0 Å². The molecule has 0 spiro atoms. The minimum absolute atomic E-state index is 0.0656. The second-order valence-electron chi connectivity index (χ2n) is 8.50. The largest absolute Gasteiger partial charge is 0.479 e. The summed E-state index contributed by atoms with van der Waals surface area (Å²) in [5.41, 5.74) is 4.38.